The molecule has 2 N–H and O–H groups in total. The van der Waals surface area contributed by atoms with E-state index in [-0.39, 0.29) is 93.7 Å². The van der Waals surface area contributed by atoms with Crippen LogP contribution < -0.4 is 0 Å². The van der Waals surface area contributed by atoms with Gasteiger partial charge in [-0.3, -0.25) is 0 Å². The van der Waals surface area contributed by atoms with Crippen LogP contribution in [-0.2, 0) is 21.7 Å². The molecular weight excluding hydrogens is 128 g/mol. The fourth-order valence-corrected chi connectivity index (χ4v) is 0. The van der Waals surface area contributed by atoms with E-state index in [1.807, 2.05) is 0 Å². The average Bonchev–Trinajstić information content (AvgIpc) is 0. The van der Waals surface area contributed by atoms with E-state index in [0.717, 1.165) is 0 Å². The molecule has 0 aromatic carbocycles. The summed E-state index contributed by atoms with van der Waals surface area (Å²) in [5.74, 6) is 0. The third kappa shape index (κ3) is 8.83. The zero-order valence-corrected chi connectivity index (χ0v) is 7.60. The minimum absolute atomic E-state index is 0. The molecule has 0 aliphatic rings. The summed E-state index contributed by atoms with van der Waals surface area (Å²) < 4.78 is 0. The summed E-state index contributed by atoms with van der Waals surface area (Å²) in [6, 6.07) is 0. The fraction of sp³-hybridized carbons (Fsp3) is 0. The molecule has 0 aromatic rings. The van der Waals surface area contributed by atoms with Gasteiger partial charge >= 0.3 is 60.8 Å². The molecule has 0 aromatic heterocycles. The van der Waals surface area contributed by atoms with E-state index in [9.17, 15) is 0 Å². The fourth-order valence-electron chi connectivity index (χ4n) is 0. The Bertz CT molecular complexity index is 16.0. The molecule has 0 saturated heterocycles. The maximum Gasteiger partial charge on any atom is 2.00 e. The molecule has 0 saturated carbocycles. The number of hydrogen-bond donors (Lipinski definition) is 0. The second-order valence-electron chi connectivity index (χ2n) is 0. The summed E-state index contributed by atoms with van der Waals surface area (Å²) in [5, 5.41) is 0. The van der Waals surface area contributed by atoms with Gasteiger partial charge in [0, 0.05) is 21.7 Å². The van der Waals surface area contributed by atoms with Crippen molar-refractivity contribution in [3.05, 3.63) is 0 Å². The zero-order chi connectivity index (χ0) is 0. The quantitative estimate of drug-likeness (QED) is 0.375. The van der Waals surface area contributed by atoms with Crippen LogP contribution in [0.5, 0.6) is 0 Å². The Morgan fingerprint density at radius 1 is 1.25 bits per heavy atom. The molecule has 0 atom stereocenters. The summed E-state index contributed by atoms with van der Waals surface area (Å²) >= 11 is 0. The van der Waals surface area contributed by atoms with Crippen LogP contribution in [0.1, 0.15) is 5.71 Å². The Labute approximate surface area is 92.2 Å². The second-order valence-corrected chi connectivity index (χ2v) is 0. The van der Waals surface area contributed by atoms with Crippen molar-refractivity contribution in [3.63, 3.8) is 0 Å². The average molecular weight is 134 g/mol. The molecule has 20 valence electrons. The van der Waals surface area contributed by atoms with E-state index in [4.69, 9.17) is 0 Å². The minimum atomic E-state index is 0. The maximum absolute atomic E-state index is 0. The van der Waals surface area contributed by atoms with Crippen molar-refractivity contribution in [2.24, 2.45) is 0 Å². The first-order valence-corrected chi connectivity index (χ1v) is 0. The van der Waals surface area contributed by atoms with Gasteiger partial charge in [-0.15, -0.1) is 0 Å². The van der Waals surface area contributed by atoms with Crippen molar-refractivity contribution < 1.29 is 32.9 Å². The van der Waals surface area contributed by atoms with Gasteiger partial charge in [0.05, 0.1) is 0 Å². The summed E-state index contributed by atoms with van der Waals surface area (Å²) in [4.78, 5) is 0. The van der Waals surface area contributed by atoms with Gasteiger partial charge in [0.1, 0.15) is 0 Å². The summed E-state index contributed by atoms with van der Waals surface area (Å²) in [6.45, 7) is 0. The molecular formula is H6CaMgOTi. The van der Waals surface area contributed by atoms with Crippen molar-refractivity contribution in [3.8, 4) is 0 Å². The first kappa shape index (κ1) is 29.9. The number of rotatable bonds is 0. The first-order valence-electron chi connectivity index (χ1n) is 0. The van der Waals surface area contributed by atoms with Crippen LogP contribution in [0.4, 0.5) is 0 Å². The van der Waals surface area contributed by atoms with Gasteiger partial charge in [0.2, 0.25) is 0 Å². The Morgan fingerprint density at radius 3 is 1.25 bits per heavy atom. The van der Waals surface area contributed by atoms with E-state index in [1.165, 1.54) is 0 Å². The largest absolute Gasteiger partial charge is 2.00 e. The molecule has 0 rings (SSSR count). The molecule has 0 amide bonds. The molecule has 0 radical (unpaired) electrons. The first-order chi connectivity index (χ1) is 0. The normalized spacial score (nSPS) is 0. The summed E-state index contributed by atoms with van der Waals surface area (Å²) in [7, 11) is 0. The van der Waals surface area contributed by atoms with Crippen LogP contribution in [0.2, 0.25) is 0 Å². The van der Waals surface area contributed by atoms with E-state index in [1.54, 1.807) is 0 Å². The van der Waals surface area contributed by atoms with Gasteiger partial charge in [0.25, 0.3) is 0 Å². The molecule has 0 unspecified atom stereocenters. The SMILES string of the molecule is O.[Ca+2].[H-].[H-].[H-].[H-].[Mg+2].[Ti]. The molecule has 1 nitrogen and oxygen atoms in total. The van der Waals surface area contributed by atoms with E-state index < -0.39 is 0 Å². The predicted molar refractivity (Wildman–Crippen MR) is 19.6 cm³/mol. The van der Waals surface area contributed by atoms with Gasteiger partial charge in [-0.2, -0.15) is 0 Å². The summed E-state index contributed by atoms with van der Waals surface area (Å²) in [5.41, 5.74) is 0. The third-order valence-corrected chi connectivity index (χ3v) is 0. The van der Waals surface area contributed by atoms with Crippen molar-refractivity contribution in [2.75, 3.05) is 0 Å². The topological polar surface area (TPSA) is 31.5 Å². The molecule has 0 heterocycles. The van der Waals surface area contributed by atoms with Crippen molar-refractivity contribution in [1.82, 2.24) is 0 Å². The standard InChI is InChI=1S/Ca.Mg.H2O.Ti.4H/h;;1H2;;;;;/q2*+2;;;4*-1. The Balaban J connectivity index is 0. The Kier molecular flexibility index (Phi) is 129. The number of hydrogen-bond acceptors (Lipinski definition) is 0. The predicted octanol–water partition coefficient (Wildman–Crippen LogP) is -1.14. The van der Waals surface area contributed by atoms with Gasteiger partial charge in [0.15, 0.2) is 0 Å². The maximum atomic E-state index is 0. The van der Waals surface area contributed by atoms with Gasteiger partial charge in [-0.1, -0.05) is 0 Å². The minimum Gasteiger partial charge on any atom is -1.00 e. The monoisotopic (exact) mass is 134 g/mol. The Hall–Kier alpha value is 2.70. The molecule has 0 bridgehead atoms. The third-order valence-electron chi connectivity index (χ3n) is 0. The van der Waals surface area contributed by atoms with Crippen LogP contribution >= 0.6 is 0 Å². The summed E-state index contributed by atoms with van der Waals surface area (Å²) in [6.07, 6.45) is 0. The van der Waals surface area contributed by atoms with Gasteiger partial charge in [-0.05, 0) is 0 Å². The molecule has 0 aliphatic carbocycles. The van der Waals surface area contributed by atoms with Gasteiger partial charge in [-0.25, -0.2) is 0 Å². The second kappa shape index (κ2) is 17.3. The zero-order valence-electron chi connectivity index (χ0n) is 6.41. The van der Waals surface area contributed by atoms with E-state index in [2.05, 4.69) is 0 Å². The van der Waals surface area contributed by atoms with Crippen LogP contribution in [-0.4, -0.2) is 66.3 Å². The molecule has 4 heavy (non-hydrogen) atoms. The molecule has 0 fully saturated rings. The van der Waals surface area contributed by atoms with Crippen LogP contribution in [0, 0.1) is 0 Å². The van der Waals surface area contributed by atoms with E-state index >= 15 is 0 Å². The smallest absolute Gasteiger partial charge is 1.00 e. The molecule has 0 spiro atoms. The van der Waals surface area contributed by atoms with Crippen LogP contribution in [0.15, 0.2) is 0 Å². The van der Waals surface area contributed by atoms with Crippen molar-refractivity contribution in [1.29, 1.82) is 0 Å². The van der Waals surface area contributed by atoms with E-state index in [0.29, 0.717) is 0 Å². The molecule has 0 aliphatic heterocycles. The Morgan fingerprint density at radius 2 is 1.25 bits per heavy atom. The molecule has 4 heteroatoms. The van der Waals surface area contributed by atoms with Crippen LogP contribution in [0.25, 0.3) is 0 Å². The van der Waals surface area contributed by atoms with Crippen molar-refractivity contribution >= 4 is 60.8 Å². The van der Waals surface area contributed by atoms with Crippen molar-refractivity contribution in [2.45, 2.75) is 0 Å². The van der Waals surface area contributed by atoms with Gasteiger partial charge < -0.3 is 11.2 Å². The van der Waals surface area contributed by atoms with Crippen LogP contribution in [0.3, 0.4) is 0 Å².